The van der Waals surface area contributed by atoms with Gasteiger partial charge in [-0.1, -0.05) is 6.07 Å². The Bertz CT molecular complexity index is 940. The highest BCUT2D eigenvalue weighted by atomic mass is 16.5. The Hall–Kier alpha value is -3.35. The fourth-order valence-electron chi connectivity index (χ4n) is 2.42. The molecule has 7 nitrogen and oxygen atoms in total. The highest BCUT2D eigenvalue weighted by Crippen LogP contribution is 2.14. The molecule has 3 rings (SSSR count). The minimum absolute atomic E-state index is 0.356. The number of fused-ring (bicyclic) bond motifs is 1. The Balaban J connectivity index is 1.63. The minimum Gasteiger partial charge on any atom is -0.485 e. The van der Waals surface area contributed by atoms with E-state index in [1.807, 2.05) is 63.7 Å². The fraction of sp³-hybridized carbons (Fsp3) is 0.211. The Morgan fingerprint density at radius 1 is 1.23 bits per heavy atom. The summed E-state index contributed by atoms with van der Waals surface area (Å²) >= 11 is 0. The molecule has 0 aliphatic carbocycles. The van der Waals surface area contributed by atoms with E-state index in [1.54, 1.807) is 11.1 Å². The molecular formula is C19H23N6O+. The highest BCUT2D eigenvalue weighted by Gasteiger charge is 2.13. The molecule has 0 amide bonds. The van der Waals surface area contributed by atoms with Crippen LogP contribution in [0.2, 0.25) is 0 Å². The number of benzene rings is 1. The molecule has 0 fully saturated rings. The third-order valence-corrected chi connectivity index (χ3v) is 4.02. The Labute approximate surface area is 152 Å². The lowest BCUT2D eigenvalue weighted by molar-refractivity contribution is -0.511. The Morgan fingerprint density at radius 2 is 2.00 bits per heavy atom. The van der Waals surface area contributed by atoms with Gasteiger partial charge in [-0.25, -0.2) is 8.97 Å². The molecule has 7 heteroatoms. The van der Waals surface area contributed by atoms with Gasteiger partial charge < -0.3 is 15.4 Å². The molecule has 0 atom stereocenters. The third kappa shape index (κ3) is 4.00. The molecule has 26 heavy (non-hydrogen) atoms. The second-order valence-corrected chi connectivity index (χ2v) is 6.10. The molecule has 0 bridgehead atoms. The maximum absolute atomic E-state index is 5.90. The number of nitrogens with two attached hydrogens (primary N) is 1. The van der Waals surface area contributed by atoms with Crippen molar-refractivity contribution in [3.8, 4) is 5.75 Å². The van der Waals surface area contributed by atoms with E-state index in [1.165, 1.54) is 0 Å². The number of nitrogens with zero attached hydrogens (tertiary/aromatic N) is 5. The molecule has 0 radical (unpaired) electrons. The fourth-order valence-corrected chi connectivity index (χ4v) is 2.42. The normalized spacial score (nSPS) is 12.0. The van der Waals surface area contributed by atoms with E-state index < -0.39 is 0 Å². The van der Waals surface area contributed by atoms with Gasteiger partial charge in [-0.2, -0.15) is 5.10 Å². The van der Waals surface area contributed by atoms with Gasteiger partial charge in [-0.3, -0.25) is 0 Å². The van der Waals surface area contributed by atoms with Crippen molar-refractivity contribution in [1.29, 1.82) is 0 Å². The van der Waals surface area contributed by atoms with Crippen molar-refractivity contribution in [2.45, 2.75) is 6.61 Å². The number of rotatable bonds is 5. The van der Waals surface area contributed by atoms with Gasteiger partial charge >= 0.3 is 0 Å². The topological polar surface area (TPSA) is 72.2 Å². The molecule has 3 aromatic rings. The molecule has 134 valence electrons. The summed E-state index contributed by atoms with van der Waals surface area (Å²) in [5.74, 6) is 1.16. The summed E-state index contributed by atoms with van der Waals surface area (Å²) in [5, 5.41) is 7.87. The third-order valence-electron chi connectivity index (χ3n) is 4.02. The van der Waals surface area contributed by atoms with E-state index in [2.05, 4.69) is 31.4 Å². The molecule has 0 unspecified atom stereocenters. The predicted octanol–water partition coefficient (Wildman–Crippen LogP) is 1.55. The van der Waals surface area contributed by atoms with Crippen molar-refractivity contribution in [3.63, 3.8) is 0 Å². The van der Waals surface area contributed by atoms with E-state index in [0.29, 0.717) is 12.6 Å². The molecular weight excluding hydrogens is 328 g/mol. The zero-order chi connectivity index (χ0) is 18.5. The van der Waals surface area contributed by atoms with Crippen molar-refractivity contribution in [1.82, 2.24) is 9.47 Å². The van der Waals surface area contributed by atoms with Crippen LogP contribution in [0.1, 0.15) is 11.3 Å². The van der Waals surface area contributed by atoms with Crippen molar-refractivity contribution >= 4 is 17.8 Å². The largest absolute Gasteiger partial charge is 0.485 e. The predicted molar refractivity (Wildman–Crippen MR) is 102 cm³/mol. The van der Waals surface area contributed by atoms with Gasteiger partial charge in [0, 0.05) is 20.2 Å². The number of aromatic nitrogens is 2. The molecule has 0 aliphatic rings. The van der Waals surface area contributed by atoms with Gasteiger partial charge in [-0.15, -0.1) is 5.10 Å². The summed E-state index contributed by atoms with van der Waals surface area (Å²) in [6, 6.07) is 13.8. The molecule has 2 aromatic heterocycles. The zero-order valence-electron chi connectivity index (χ0n) is 15.2. The number of ether oxygens (including phenoxy) is 1. The first-order chi connectivity index (χ1) is 12.5. The standard InChI is InChI=1S/C19H23N6O/c1-23(2)19(20)22-21-12-15-7-9-17(10-8-15)26-14-16-13-25-11-5-4-6-18(25)24(16)3/h4-13H,14H2,1-3H3,(H2,20,22)/q+1/b21-12+. The molecule has 1 aromatic carbocycles. The summed E-state index contributed by atoms with van der Waals surface area (Å²) < 4.78 is 10.1. The average molecular weight is 351 g/mol. The number of hydrogen-bond acceptors (Lipinski definition) is 3. The molecule has 0 saturated heterocycles. The van der Waals surface area contributed by atoms with Crippen LogP contribution in [0, 0.1) is 0 Å². The monoisotopic (exact) mass is 351 g/mol. The first kappa shape index (κ1) is 17.5. The van der Waals surface area contributed by atoms with Gasteiger partial charge in [-0.05, 0) is 35.9 Å². The van der Waals surface area contributed by atoms with Crippen LogP contribution in [-0.2, 0) is 13.7 Å². The maximum Gasteiger partial charge on any atom is 0.286 e. The van der Waals surface area contributed by atoms with E-state index in [9.17, 15) is 0 Å². The van der Waals surface area contributed by atoms with E-state index >= 15 is 0 Å². The van der Waals surface area contributed by atoms with Gasteiger partial charge in [0.1, 0.15) is 11.9 Å². The average Bonchev–Trinajstić information content (AvgIpc) is 2.97. The van der Waals surface area contributed by atoms with Gasteiger partial charge in [0.15, 0.2) is 12.3 Å². The summed E-state index contributed by atoms with van der Waals surface area (Å²) in [6.45, 7) is 0.495. The number of guanidine groups is 1. The van der Waals surface area contributed by atoms with Gasteiger partial charge in [0.25, 0.3) is 5.65 Å². The van der Waals surface area contributed by atoms with Crippen LogP contribution in [0.15, 0.2) is 65.1 Å². The SMILES string of the molecule is CN(C)/C(N)=N/N=C/c1ccc(OCc2c[n+]3ccccc3n2C)cc1. The maximum atomic E-state index is 5.90. The smallest absolute Gasteiger partial charge is 0.286 e. The summed E-state index contributed by atoms with van der Waals surface area (Å²) in [5.41, 5.74) is 8.82. The lowest BCUT2D eigenvalue weighted by Gasteiger charge is -2.07. The number of pyridine rings is 1. The van der Waals surface area contributed by atoms with E-state index in [-0.39, 0.29) is 0 Å². The van der Waals surface area contributed by atoms with Crippen LogP contribution in [0.25, 0.3) is 5.65 Å². The van der Waals surface area contributed by atoms with Crippen LogP contribution >= 0.6 is 0 Å². The quantitative estimate of drug-likeness (QED) is 0.328. The second-order valence-electron chi connectivity index (χ2n) is 6.10. The number of imidazole rings is 1. The van der Waals surface area contributed by atoms with Gasteiger partial charge in [0.05, 0.1) is 19.5 Å². The first-order valence-electron chi connectivity index (χ1n) is 8.26. The lowest BCUT2D eigenvalue weighted by Crippen LogP contribution is -2.29. The van der Waals surface area contributed by atoms with Crippen LogP contribution in [0.5, 0.6) is 5.75 Å². The van der Waals surface area contributed by atoms with Crippen molar-refractivity contribution in [3.05, 3.63) is 66.1 Å². The summed E-state index contributed by atoms with van der Waals surface area (Å²) in [6.07, 6.45) is 5.75. The van der Waals surface area contributed by atoms with E-state index in [4.69, 9.17) is 10.5 Å². The van der Waals surface area contributed by atoms with Crippen LogP contribution in [0.3, 0.4) is 0 Å². The Morgan fingerprint density at radius 3 is 2.69 bits per heavy atom. The lowest BCUT2D eigenvalue weighted by atomic mass is 10.2. The minimum atomic E-state index is 0.356. The van der Waals surface area contributed by atoms with Crippen LogP contribution < -0.4 is 14.9 Å². The van der Waals surface area contributed by atoms with Crippen molar-refractivity contribution in [2.24, 2.45) is 23.0 Å². The van der Waals surface area contributed by atoms with Gasteiger partial charge in [0.2, 0.25) is 5.96 Å². The summed E-state index contributed by atoms with van der Waals surface area (Å²) in [7, 11) is 5.66. The zero-order valence-corrected chi connectivity index (χ0v) is 15.2. The number of aryl methyl sites for hydroxylation is 1. The molecule has 0 aliphatic heterocycles. The molecule has 2 heterocycles. The highest BCUT2D eigenvalue weighted by molar-refractivity contribution is 5.82. The summed E-state index contributed by atoms with van der Waals surface area (Å²) in [4.78, 5) is 1.69. The molecule has 0 saturated carbocycles. The van der Waals surface area contributed by atoms with Crippen molar-refractivity contribution < 1.29 is 9.14 Å². The second kappa shape index (κ2) is 7.69. The van der Waals surface area contributed by atoms with E-state index in [0.717, 1.165) is 22.7 Å². The molecule has 2 N–H and O–H groups in total. The van der Waals surface area contributed by atoms with Crippen LogP contribution in [0.4, 0.5) is 0 Å². The van der Waals surface area contributed by atoms with Crippen LogP contribution in [-0.4, -0.2) is 35.7 Å². The Kier molecular flexibility index (Phi) is 5.17. The first-order valence-corrected chi connectivity index (χ1v) is 8.26. The number of hydrogen-bond donors (Lipinski definition) is 1. The van der Waals surface area contributed by atoms with Crippen molar-refractivity contribution in [2.75, 3.05) is 14.1 Å². The molecule has 0 spiro atoms.